The van der Waals surface area contributed by atoms with Gasteiger partial charge in [-0.1, -0.05) is 77.0 Å². The monoisotopic (exact) mass is 616 g/mol. The van der Waals surface area contributed by atoms with E-state index in [2.05, 4.69) is 14.7 Å². The summed E-state index contributed by atoms with van der Waals surface area (Å²) in [6, 6.07) is 8.31. The molecular formula is C42H69N3. The molecule has 0 amide bonds. The molecule has 0 aromatic rings. The number of fused-ring (bicyclic) bond motifs is 9. The number of hydrogen-bond acceptors (Lipinski definition) is 3. The van der Waals surface area contributed by atoms with Gasteiger partial charge in [-0.15, -0.1) is 0 Å². The van der Waals surface area contributed by atoms with Crippen molar-refractivity contribution in [3.8, 4) is 0 Å². The van der Waals surface area contributed by atoms with E-state index in [0.29, 0.717) is 0 Å². The molecule has 12 atom stereocenters. The first-order chi connectivity index (χ1) is 22.3. The summed E-state index contributed by atoms with van der Waals surface area (Å²) < 4.78 is 0. The molecule has 45 heavy (non-hydrogen) atoms. The highest BCUT2D eigenvalue weighted by molar-refractivity contribution is 5.13. The van der Waals surface area contributed by atoms with Gasteiger partial charge in [0.2, 0.25) is 0 Å². The van der Waals surface area contributed by atoms with Crippen molar-refractivity contribution >= 4 is 0 Å². The molecule has 0 aromatic carbocycles. The quantitative estimate of drug-likeness (QED) is 0.313. The maximum absolute atomic E-state index is 3.40. The van der Waals surface area contributed by atoms with Gasteiger partial charge in [0.25, 0.3) is 0 Å². The SMILES string of the molecule is C1CC[C@@H]2[C@H](C1)[C@@H]1CCCC[C@@H]1N2C1CC(N2[C@@H]3CCCC[C@@H]3[C@@H]3CCCC[C@@H]32)CC(N2[C@@H]3CCCC[C@@H]3[C@@H]3CCCC[C@@H]32)C1. The Hall–Kier alpha value is -0.120. The van der Waals surface area contributed by atoms with E-state index in [4.69, 9.17) is 0 Å². The second-order valence-electron chi connectivity index (χ2n) is 19.1. The lowest BCUT2D eigenvalue weighted by molar-refractivity contribution is -0.0372. The summed E-state index contributed by atoms with van der Waals surface area (Å²) in [5, 5.41) is 0. The van der Waals surface area contributed by atoms with Gasteiger partial charge in [-0.3, -0.25) is 14.7 Å². The number of hydrogen-bond donors (Lipinski definition) is 0. The number of rotatable bonds is 3. The van der Waals surface area contributed by atoms with E-state index in [0.717, 1.165) is 89.9 Å². The highest BCUT2D eigenvalue weighted by atomic mass is 15.3. The van der Waals surface area contributed by atoms with Gasteiger partial charge in [-0.05, 0) is 132 Å². The Bertz CT molecular complexity index is 843. The fourth-order valence-corrected chi connectivity index (χ4v) is 16.4. The fourth-order valence-electron chi connectivity index (χ4n) is 16.4. The van der Waals surface area contributed by atoms with Gasteiger partial charge < -0.3 is 0 Å². The van der Waals surface area contributed by atoms with Crippen LogP contribution in [0.5, 0.6) is 0 Å². The van der Waals surface area contributed by atoms with Gasteiger partial charge in [-0.2, -0.15) is 0 Å². The van der Waals surface area contributed by atoms with Gasteiger partial charge in [0, 0.05) is 54.4 Å². The molecule has 10 aliphatic rings. The summed E-state index contributed by atoms with van der Waals surface area (Å²) >= 11 is 0. The molecule has 0 radical (unpaired) electrons. The molecule has 3 aliphatic heterocycles. The van der Waals surface area contributed by atoms with Crippen molar-refractivity contribution in [1.29, 1.82) is 0 Å². The fraction of sp³-hybridized carbons (Fsp3) is 1.00. The Balaban J connectivity index is 1.02. The second kappa shape index (κ2) is 12.3. The zero-order chi connectivity index (χ0) is 29.5. The van der Waals surface area contributed by atoms with E-state index < -0.39 is 0 Å². The summed E-state index contributed by atoms with van der Waals surface area (Å²) in [5.41, 5.74) is 0. The first-order valence-electron chi connectivity index (χ1n) is 21.7. The Kier molecular flexibility index (Phi) is 8.16. The van der Waals surface area contributed by atoms with Crippen LogP contribution in [0.1, 0.15) is 173 Å². The molecule has 10 fully saturated rings. The average molecular weight is 616 g/mol. The molecule has 10 rings (SSSR count). The predicted molar refractivity (Wildman–Crippen MR) is 185 cm³/mol. The molecular weight excluding hydrogens is 546 g/mol. The van der Waals surface area contributed by atoms with Gasteiger partial charge in [0.1, 0.15) is 0 Å². The molecule has 3 saturated heterocycles. The maximum atomic E-state index is 3.40. The van der Waals surface area contributed by atoms with E-state index >= 15 is 0 Å². The van der Waals surface area contributed by atoms with Gasteiger partial charge >= 0.3 is 0 Å². The minimum absolute atomic E-state index is 0.877. The van der Waals surface area contributed by atoms with E-state index in [9.17, 15) is 0 Å². The molecule has 0 N–H and O–H groups in total. The van der Waals surface area contributed by atoms with Crippen molar-refractivity contribution in [3.05, 3.63) is 0 Å². The maximum Gasteiger partial charge on any atom is 0.0133 e. The second-order valence-corrected chi connectivity index (χ2v) is 19.1. The minimum Gasteiger partial charge on any atom is -0.294 e. The summed E-state index contributed by atoms with van der Waals surface area (Å²) in [6.45, 7) is 0. The van der Waals surface area contributed by atoms with Crippen LogP contribution in [0.15, 0.2) is 0 Å². The summed E-state index contributed by atoms with van der Waals surface area (Å²) in [7, 11) is 0. The third kappa shape index (κ3) is 4.86. The topological polar surface area (TPSA) is 9.72 Å². The van der Waals surface area contributed by atoms with Crippen LogP contribution < -0.4 is 0 Å². The molecule has 252 valence electrons. The van der Waals surface area contributed by atoms with Gasteiger partial charge in [-0.25, -0.2) is 0 Å². The molecule has 3 nitrogen and oxygen atoms in total. The van der Waals surface area contributed by atoms with Crippen molar-refractivity contribution in [1.82, 2.24) is 14.7 Å². The van der Waals surface area contributed by atoms with Crippen LogP contribution in [-0.2, 0) is 0 Å². The Morgan fingerprint density at radius 3 is 0.600 bits per heavy atom. The van der Waals surface area contributed by atoms with Crippen molar-refractivity contribution in [2.45, 2.75) is 228 Å². The van der Waals surface area contributed by atoms with Gasteiger partial charge in [0.05, 0.1) is 0 Å². The average Bonchev–Trinajstić information content (AvgIpc) is 3.74. The highest BCUT2D eigenvalue weighted by Gasteiger charge is 2.59. The highest BCUT2D eigenvalue weighted by Crippen LogP contribution is 2.57. The van der Waals surface area contributed by atoms with Crippen LogP contribution in [0.25, 0.3) is 0 Å². The van der Waals surface area contributed by atoms with Crippen LogP contribution in [0.3, 0.4) is 0 Å². The summed E-state index contributed by atoms with van der Waals surface area (Å²) in [6.07, 6.45) is 41.7. The smallest absolute Gasteiger partial charge is 0.0133 e. The lowest BCUT2D eigenvalue weighted by Gasteiger charge is -2.53. The Morgan fingerprint density at radius 1 is 0.222 bits per heavy atom. The van der Waals surface area contributed by atoms with Crippen molar-refractivity contribution in [3.63, 3.8) is 0 Å². The lowest BCUT2D eigenvalue weighted by Crippen LogP contribution is -2.60. The Labute approximate surface area is 277 Å². The zero-order valence-corrected chi connectivity index (χ0v) is 29.1. The molecule has 0 unspecified atom stereocenters. The number of likely N-dealkylation sites (tertiary alicyclic amines) is 3. The normalized spacial score (nSPS) is 54.0. The van der Waals surface area contributed by atoms with Crippen LogP contribution in [0.4, 0.5) is 0 Å². The molecule has 0 bridgehead atoms. The molecule has 7 saturated carbocycles. The summed E-state index contributed by atoms with van der Waals surface area (Å²) in [4.78, 5) is 10.2. The predicted octanol–water partition coefficient (Wildman–Crippen LogP) is 9.58. The first-order valence-corrected chi connectivity index (χ1v) is 21.7. The van der Waals surface area contributed by atoms with Crippen molar-refractivity contribution in [2.24, 2.45) is 35.5 Å². The summed E-state index contributed by atoms with van der Waals surface area (Å²) in [5.74, 6) is 6.32. The standard InChI is InChI=1S/C42H69N3/c1-7-19-37-31(13-1)32-14-2-8-20-38(32)43(37)28-25-29(44-39-21-9-3-15-33(39)34-16-4-10-22-40(34)44)27-30(26-28)45-41-23-11-5-17-35(41)36-18-6-12-24-42(36)45/h28-42H,1-27H2/t28?,29?,30?,31-,32+,33-,34+,35-,36+,37-,38+,39-,40+,41-,42+. The third-order valence-electron chi connectivity index (χ3n) is 17.5. The van der Waals surface area contributed by atoms with Crippen LogP contribution in [0, 0.1) is 35.5 Å². The molecule has 7 aliphatic carbocycles. The van der Waals surface area contributed by atoms with Gasteiger partial charge in [0.15, 0.2) is 0 Å². The van der Waals surface area contributed by atoms with Crippen molar-refractivity contribution < 1.29 is 0 Å². The lowest BCUT2D eigenvalue weighted by atomic mass is 9.73. The van der Waals surface area contributed by atoms with Crippen LogP contribution in [0.2, 0.25) is 0 Å². The first kappa shape index (κ1) is 29.8. The van der Waals surface area contributed by atoms with E-state index in [1.54, 1.807) is 96.3 Å². The minimum atomic E-state index is 0.877. The molecule has 0 spiro atoms. The molecule has 0 aromatic heterocycles. The van der Waals surface area contributed by atoms with Crippen LogP contribution in [-0.4, -0.2) is 69.1 Å². The van der Waals surface area contributed by atoms with E-state index in [1.807, 2.05) is 0 Å². The zero-order valence-electron chi connectivity index (χ0n) is 29.1. The van der Waals surface area contributed by atoms with E-state index in [1.165, 1.54) is 77.0 Å². The number of nitrogens with zero attached hydrogens (tertiary/aromatic N) is 3. The molecule has 3 heterocycles. The third-order valence-corrected chi connectivity index (χ3v) is 17.5. The molecule has 3 heteroatoms. The van der Waals surface area contributed by atoms with Crippen LogP contribution >= 0.6 is 0 Å². The van der Waals surface area contributed by atoms with E-state index in [-0.39, 0.29) is 0 Å². The van der Waals surface area contributed by atoms with Crippen molar-refractivity contribution in [2.75, 3.05) is 0 Å². The Morgan fingerprint density at radius 2 is 0.400 bits per heavy atom. The largest absolute Gasteiger partial charge is 0.294 e.